The third-order valence-corrected chi connectivity index (χ3v) is 7.24. The first-order chi connectivity index (χ1) is 18.4. The highest BCUT2D eigenvalue weighted by molar-refractivity contribution is 5.94. The molecular formula is C34H47N3O2. The fourth-order valence-electron chi connectivity index (χ4n) is 5.68. The van der Waals surface area contributed by atoms with E-state index in [1.165, 1.54) is 11.1 Å². The Morgan fingerprint density at radius 1 is 1.00 bits per heavy atom. The van der Waals surface area contributed by atoms with Gasteiger partial charge in [0.1, 0.15) is 11.9 Å². The molecule has 0 aliphatic carbocycles. The molecule has 0 saturated carbocycles. The van der Waals surface area contributed by atoms with Gasteiger partial charge in [0.15, 0.2) is 0 Å². The maximum absolute atomic E-state index is 13.8. The Bertz CT molecular complexity index is 1260. The number of benzene rings is 2. The molecule has 0 spiro atoms. The summed E-state index contributed by atoms with van der Waals surface area (Å²) >= 11 is 0. The van der Waals surface area contributed by atoms with E-state index >= 15 is 0 Å². The molecule has 0 radical (unpaired) electrons. The van der Waals surface area contributed by atoms with Crippen LogP contribution in [0.25, 0.3) is 11.3 Å². The Hall–Kier alpha value is -3.21. The molecule has 2 unspecified atom stereocenters. The van der Waals surface area contributed by atoms with E-state index < -0.39 is 0 Å². The first kappa shape index (κ1) is 30.3. The molecule has 4 rings (SSSR count). The number of aromatic nitrogens is 2. The molecule has 2 aromatic carbocycles. The number of ether oxygens (including phenoxy) is 1. The summed E-state index contributed by atoms with van der Waals surface area (Å²) in [5, 5.41) is 0. The maximum atomic E-state index is 13.8. The molecule has 2 heterocycles. The van der Waals surface area contributed by atoms with Crippen molar-refractivity contribution in [2.75, 3.05) is 6.54 Å². The molecular weight excluding hydrogens is 482 g/mol. The van der Waals surface area contributed by atoms with Crippen LogP contribution >= 0.6 is 0 Å². The van der Waals surface area contributed by atoms with E-state index in [4.69, 9.17) is 9.72 Å². The van der Waals surface area contributed by atoms with Gasteiger partial charge >= 0.3 is 0 Å². The highest BCUT2D eigenvalue weighted by Crippen LogP contribution is 2.38. The lowest BCUT2D eigenvalue weighted by atomic mass is 9.77. The van der Waals surface area contributed by atoms with Gasteiger partial charge in [-0.25, -0.2) is 4.98 Å². The number of hydrogen-bond acceptors (Lipinski definition) is 4. The lowest BCUT2D eigenvalue weighted by Gasteiger charge is -2.48. The van der Waals surface area contributed by atoms with Gasteiger partial charge < -0.3 is 9.64 Å². The van der Waals surface area contributed by atoms with Crippen LogP contribution in [0.4, 0.5) is 0 Å². The molecule has 1 aliphatic rings. The number of aryl methyl sites for hydroxylation is 4. The fourth-order valence-corrected chi connectivity index (χ4v) is 5.68. The summed E-state index contributed by atoms with van der Waals surface area (Å²) in [7, 11) is 0. The summed E-state index contributed by atoms with van der Waals surface area (Å²) in [6, 6.07) is 16.1. The second kappa shape index (κ2) is 12.8. The van der Waals surface area contributed by atoms with Crippen molar-refractivity contribution in [1.29, 1.82) is 0 Å². The normalized spacial score (nSPS) is 18.4. The summed E-state index contributed by atoms with van der Waals surface area (Å²) in [4.78, 5) is 25.3. The van der Waals surface area contributed by atoms with E-state index in [-0.39, 0.29) is 23.5 Å². The first-order valence-corrected chi connectivity index (χ1v) is 14.4. The highest BCUT2D eigenvalue weighted by atomic mass is 16.5. The fraction of sp³-hybridized carbons (Fsp3) is 0.500. The van der Waals surface area contributed by atoms with Gasteiger partial charge in [-0.15, -0.1) is 0 Å². The van der Waals surface area contributed by atoms with Gasteiger partial charge in [0, 0.05) is 23.7 Å². The van der Waals surface area contributed by atoms with Crippen LogP contribution in [0.2, 0.25) is 0 Å². The minimum atomic E-state index is -0.167. The number of rotatable bonds is 6. The van der Waals surface area contributed by atoms with Gasteiger partial charge in [0.05, 0.1) is 11.7 Å². The standard InChI is InChI=1S/C32H41N3O2.C2H6/c1-20(2)15-27-28(18-32(7,8)19-35(27)31(36)25-14-9-11-21(3)16-25)37-29-17-26(33-24(6)34-29)30-22(4)12-10-13-23(30)5;1-2/h9-14,16-17,20,27-28H,15,18-19H2,1-8H3;1-2H3. The van der Waals surface area contributed by atoms with Crippen LogP contribution in [0.1, 0.15) is 87.3 Å². The van der Waals surface area contributed by atoms with Crippen molar-refractivity contribution >= 4 is 5.91 Å². The molecule has 1 aliphatic heterocycles. The first-order valence-electron chi connectivity index (χ1n) is 14.4. The Morgan fingerprint density at radius 2 is 1.64 bits per heavy atom. The summed E-state index contributed by atoms with van der Waals surface area (Å²) in [6.45, 7) is 21.7. The molecule has 1 fully saturated rings. The topological polar surface area (TPSA) is 55.3 Å². The minimum absolute atomic E-state index is 0.0417. The monoisotopic (exact) mass is 529 g/mol. The smallest absolute Gasteiger partial charge is 0.254 e. The molecule has 210 valence electrons. The van der Waals surface area contributed by atoms with E-state index in [9.17, 15) is 4.79 Å². The zero-order chi connectivity index (χ0) is 28.9. The van der Waals surface area contributed by atoms with Gasteiger partial charge in [-0.2, -0.15) is 4.98 Å². The van der Waals surface area contributed by atoms with Gasteiger partial charge in [0.25, 0.3) is 5.91 Å². The Labute approximate surface area is 236 Å². The average molecular weight is 530 g/mol. The summed E-state index contributed by atoms with van der Waals surface area (Å²) in [5.41, 5.74) is 6.09. The van der Waals surface area contributed by atoms with Crippen molar-refractivity contribution in [3.8, 4) is 17.1 Å². The number of carbonyl (C=O) groups is 1. The Kier molecular flexibility index (Phi) is 9.93. The van der Waals surface area contributed by atoms with Gasteiger partial charge in [-0.05, 0) is 75.1 Å². The van der Waals surface area contributed by atoms with Crippen molar-refractivity contribution in [2.24, 2.45) is 11.3 Å². The third kappa shape index (κ3) is 7.46. The van der Waals surface area contributed by atoms with Crippen LogP contribution in [-0.2, 0) is 0 Å². The molecule has 1 saturated heterocycles. The van der Waals surface area contributed by atoms with Crippen LogP contribution in [-0.4, -0.2) is 39.5 Å². The summed E-state index contributed by atoms with van der Waals surface area (Å²) in [6.07, 6.45) is 1.55. The van der Waals surface area contributed by atoms with Gasteiger partial charge in [-0.3, -0.25) is 4.79 Å². The van der Waals surface area contributed by atoms with Crippen LogP contribution in [0.3, 0.4) is 0 Å². The lowest BCUT2D eigenvalue weighted by molar-refractivity contribution is -0.0279. The summed E-state index contributed by atoms with van der Waals surface area (Å²) < 4.78 is 6.72. The predicted octanol–water partition coefficient (Wildman–Crippen LogP) is 8.14. The molecule has 3 aromatic rings. The Balaban J connectivity index is 0.00000205. The largest absolute Gasteiger partial charge is 0.472 e. The second-order valence-corrected chi connectivity index (χ2v) is 11.9. The predicted molar refractivity (Wildman–Crippen MR) is 161 cm³/mol. The number of amides is 1. The SMILES string of the molecule is CC.Cc1cccc(C(=O)N2CC(C)(C)CC(Oc3cc(-c4c(C)cccc4C)nc(C)n3)C2CC(C)C)c1. The molecule has 0 bridgehead atoms. The van der Waals surface area contributed by atoms with Crippen LogP contribution < -0.4 is 4.74 Å². The zero-order valence-electron chi connectivity index (χ0n) is 25.6. The average Bonchev–Trinajstić information content (AvgIpc) is 2.85. The van der Waals surface area contributed by atoms with Crippen molar-refractivity contribution < 1.29 is 9.53 Å². The lowest BCUT2D eigenvalue weighted by Crippen LogP contribution is -2.58. The van der Waals surface area contributed by atoms with Crippen molar-refractivity contribution in [3.63, 3.8) is 0 Å². The van der Waals surface area contributed by atoms with Gasteiger partial charge in [-0.1, -0.05) is 77.4 Å². The van der Waals surface area contributed by atoms with Crippen LogP contribution in [0.5, 0.6) is 5.88 Å². The van der Waals surface area contributed by atoms with E-state index in [1.807, 2.05) is 58.0 Å². The number of carbonyl (C=O) groups excluding carboxylic acids is 1. The molecule has 39 heavy (non-hydrogen) atoms. The van der Waals surface area contributed by atoms with Crippen molar-refractivity contribution in [2.45, 2.75) is 94.2 Å². The van der Waals surface area contributed by atoms with Crippen molar-refractivity contribution in [1.82, 2.24) is 14.9 Å². The number of hydrogen-bond donors (Lipinski definition) is 0. The van der Waals surface area contributed by atoms with E-state index in [1.54, 1.807) is 0 Å². The maximum Gasteiger partial charge on any atom is 0.254 e. The van der Waals surface area contributed by atoms with Crippen molar-refractivity contribution in [3.05, 3.63) is 76.6 Å². The molecule has 1 amide bonds. The van der Waals surface area contributed by atoms with E-state index in [0.29, 0.717) is 24.2 Å². The molecule has 0 N–H and O–H groups in total. The number of nitrogens with zero attached hydrogens (tertiary/aromatic N) is 3. The molecule has 5 heteroatoms. The number of piperidine rings is 1. The Morgan fingerprint density at radius 3 is 2.26 bits per heavy atom. The quantitative estimate of drug-likeness (QED) is 0.323. The van der Waals surface area contributed by atoms with Crippen LogP contribution in [0.15, 0.2) is 48.5 Å². The summed E-state index contributed by atoms with van der Waals surface area (Å²) in [5.74, 6) is 1.75. The van der Waals surface area contributed by atoms with E-state index in [0.717, 1.165) is 35.2 Å². The number of likely N-dealkylation sites (tertiary alicyclic amines) is 1. The molecule has 2 atom stereocenters. The molecule has 5 nitrogen and oxygen atoms in total. The van der Waals surface area contributed by atoms with E-state index in [2.05, 4.69) is 69.6 Å². The third-order valence-electron chi connectivity index (χ3n) is 7.24. The zero-order valence-corrected chi connectivity index (χ0v) is 25.6. The van der Waals surface area contributed by atoms with Gasteiger partial charge in [0.2, 0.25) is 5.88 Å². The molecule has 1 aromatic heterocycles. The van der Waals surface area contributed by atoms with Crippen LogP contribution in [0, 0.1) is 39.0 Å². The minimum Gasteiger partial charge on any atom is -0.472 e. The highest BCUT2D eigenvalue weighted by Gasteiger charge is 2.44. The second-order valence-electron chi connectivity index (χ2n) is 11.9.